The van der Waals surface area contributed by atoms with E-state index < -0.39 is 5.54 Å². The first-order valence-corrected chi connectivity index (χ1v) is 8.97. The zero-order chi connectivity index (χ0) is 17.2. The van der Waals surface area contributed by atoms with Crippen LogP contribution in [0.5, 0.6) is 0 Å². The molecule has 0 radical (unpaired) electrons. The van der Waals surface area contributed by atoms with Gasteiger partial charge in [-0.1, -0.05) is 30.0 Å². The summed E-state index contributed by atoms with van der Waals surface area (Å²) in [5.74, 6) is 0.389. The number of fused-ring (bicyclic) bond motifs is 1. The molecule has 1 aliphatic rings. The van der Waals surface area contributed by atoms with Gasteiger partial charge in [0.1, 0.15) is 5.54 Å². The van der Waals surface area contributed by atoms with Crippen molar-refractivity contribution in [2.75, 3.05) is 5.75 Å². The van der Waals surface area contributed by atoms with E-state index in [0.29, 0.717) is 6.54 Å². The van der Waals surface area contributed by atoms with E-state index in [2.05, 4.69) is 22.9 Å². The van der Waals surface area contributed by atoms with Gasteiger partial charge in [-0.3, -0.25) is 4.79 Å². The number of rotatable bonds is 7. The van der Waals surface area contributed by atoms with Gasteiger partial charge in [0.15, 0.2) is 5.16 Å². The first-order chi connectivity index (χ1) is 11.6. The number of hydrogen-bond acceptors (Lipinski definition) is 4. The van der Waals surface area contributed by atoms with Crippen LogP contribution in [0.3, 0.4) is 0 Å². The maximum atomic E-state index is 12.3. The Morgan fingerprint density at radius 1 is 1.58 bits per heavy atom. The summed E-state index contributed by atoms with van der Waals surface area (Å²) in [6, 6.07) is 10.1. The Bertz CT molecular complexity index is 818. The third-order valence-electron chi connectivity index (χ3n) is 4.29. The highest BCUT2D eigenvalue weighted by Gasteiger charge is 2.42. The molecule has 2 aromatic rings. The summed E-state index contributed by atoms with van der Waals surface area (Å²) in [6.07, 6.45) is 3.83. The van der Waals surface area contributed by atoms with Crippen molar-refractivity contribution in [1.29, 1.82) is 5.26 Å². The molecule has 0 bridgehead atoms. The lowest BCUT2D eigenvalue weighted by atomic mass is 9.98. The van der Waals surface area contributed by atoms with Gasteiger partial charge in [-0.25, -0.2) is 4.98 Å². The Kier molecular flexibility index (Phi) is 4.63. The highest BCUT2D eigenvalue weighted by Crippen LogP contribution is 2.39. The van der Waals surface area contributed by atoms with Crippen molar-refractivity contribution in [3.63, 3.8) is 0 Å². The molecule has 1 heterocycles. The molecule has 1 fully saturated rings. The first-order valence-electron chi connectivity index (χ1n) is 7.98. The number of para-hydroxylation sites is 2. The Balaban J connectivity index is 1.71. The molecule has 5 nitrogen and oxygen atoms in total. The number of hydrogen-bond donors (Lipinski definition) is 1. The van der Waals surface area contributed by atoms with E-state index in [4.69, 9.17) is 0 Å². The van der Waals surface area contributed by atoms with Gasteiger partial charge in [0.25, 0.3) is 0 Å². The second-order valence-electron chi connectivity index (χ2n) is 6.21. The van der Waals surface area contributed by atoms with Gasteiger partial charge in [-0.05, 0) is 37.8 Å². The number of carbonyl (C=O) groups is 1. The highest BCUT2D eigenvalue weighted by molar-refractivity contribution is 7.99. The lowest BCUT2D eigenvalue weighted by molar-refractivity contribution is -0.119. The van der Waals surface area contributed by atoms with Crippen LogP contribution < -0.4 is 5.32 Å². The summed E-state index contributed by atoms with van der Waals surface area (Å²) in [5.41, 5.74) is 1.18. The number of thioether (sulfide) groups is 1. The molecular formula is C18H20N4OS. The van der Waals surface area contributed by atoms with Crippen LogP contribution in [0.2, 0.25) is 0 Å². The van der Waals surface area contributed by atoms with Crippen molar-refractivity contribution in [2.24, 2.45) is 5.92 Å². The van der Waals surface area contributed by atoms with Crippen molar-refractivity contribution < 1.29 is 4.79 Å². The minimum atomic E-state index is -0.751. The van der Waals surface area contributed by atoms with E-state index in [1.807, 2.05) is 34.9 Å². The summed E-state index contributed by atoms with van der Waals surface area (Å²) >= 11 is 1.39. The Hall–Kier alpha value is -2.26. The zero-order valence-electron chi connectivity index (χ0n) is 13.7. The maximum Gasteiger partial charge on any atom is 0.231 e. The molecule has 1 saturated carbocycles. The molecule has 3 rings (SSSR count). The van der Waals surface area contributed by atoms with Gasteiger partial charge < -0.3 is 9.88 Å². The van der Waals surface area contributed by atoms with Crippen LogP contribution in [0.15, 0.2) is 42.1 Å². The molecule has 0 spiro atoms. The van der Waals surface area contributed by atoms with E-state index in [0.717, 1.165) is 29.0 Å². The molecule has 1 aromatic carbocycles. The Labute approximate surface area is 145 Å². The summed E-state index contributed by atoms with van der Waals surface area (Å²) < 4.78 is 2.05. The van der Waals surface area contributed by atoms with E-state index >= 15 is 0 Å². The van der Waals surface area contributed by atoms with E-state index in [1.54, 1.807) is 6.92 Å². The van der Waals surface area contributed by atoms with Crippen LogP contribution in [0.4, 0.5) is 0 Å². The molecule has 0 saturated heterocycles. The predicted octanol–water partition coefficient (Wildman–Crippen LogP) is 3.12. The van der Waals surface area contributed by atoms with Gasteiger partial charge in [-0.15, -0.1) is 6.58 Å². The topological polar surface area (TPSA) is 70.7 Å². The van der Waals surface area contributed by atoms with Crippen molar-refractivity contribution in [2.45, 2.75) is 37.0 Å². The van der Waals surface area contributed by atoms with Crippen LogP contribution in [0.25, 0.3) is 11.0 Å². The molecule has 24 heavy (non-hydrogen) atoms. The van der Waals surface area contributed by atoms with Crippen molar-refractivity contribution in [3.05, 3.63) is 36.9 Å². The summed E-state index contributed by atoms with van der Waals surface area (Å²) in [7, 11) is 0. The molecule has 6 heteroatoms. The summed E-state index contributed by atoms with van der Waals surface area (Å²) in [4.78, 5) is 16.9. The Morgan fingerprint density at radius 2 is 2.33 bits per heavy atom. The fourth-order valence-corrected chi connectivity index (χ4v) is 3.63. The van der Waals surface area contributed by atoms with Crippen LogP contribution in [0.1, 0.15) is 19.8 Å². The lowest BCUT2D eigenvalue weighted by Crippen LogP contribution is -2.47. The fraction of sp³-hybridized carbons (Fsp3) is 0.389. The van der Waals surface area contributed by atoms with Crippen LogP contribution in [0, 0.1) is 17.2 Å². The minimum absolute atomic E-state index is 0.131. The second-order valence-corrected chi connectivity index (χ2v) is 7.15. The van der Waals surface area contributed by atoms with Crippen molar-refractivity contribution in [3.8, 4) is 6.07 Å². The number of benzene rings is 1. The monoisotopic (exact) mass is 340 g/mol. The number of nitrogens with zero attached hydrogens (tertiary/aromatic N) is 3. The lowest BCUT2D eigenvalue weighted by Gasteiger charge is -2.22. The minimum Gasteiger partial charge on any atom is -0.337 e. The standard InChI is InChI=1S/C18H20N4OS/c1-3-10-22-15-7-5-4-6-14(15)20-17(22)24-11-16(23)21-18(2,12-19)13-8-9-13/h3-7,13H,1,8-11H2,2H3,(H,21,23). The van der Waals surface area contributed by atoms with Gasteiger partial charge >= 0.3 is 0 Å². The van der Waals surface area contributed by atoms with Crippen LogP contribution in [-0.4, -0.2) is 26.8 Å². The molecule has 1 amide bonds. The molecule has 1 aliphatic carbocycles. The van der Waals surface area contributed by atoms with Crippen LogP contribution in [-0.2, 0) is 11.3 Å². The SMILES string of the molecule is C=CCn1c(SCC(=O)NC(C)(C#N)C2CC2)nc2ccccc21. The average Bonchev–Trinajstić information content (AvgIpc) is 3.38. The molecular weight excluding hydrogens is 320 g/mol. The third kappa shape index (κ3) is 3.31. The predicted molar refractivity (Wildman–Crippen MR) is 95.5 cm³/mol. The number of imidazole rings is 1. The smallest absolute Gasteiger partial charge is 0.231 e. The van der Waals surface area contributed by atoms with E-state index in [9.17, 15) is 10.1 Å². The molecule has 1 N–H and O–H groups in total. The molecule has 1 atom stereocenters. The zero-order valence-corrected chi connectivity index (χ0v) is 14.5. The second kappa shape index (κ2) is 6.70. The molecule has 1 unspecified atom stereocenters. The van der Waals surface area contributed by atoms with Crippen molar-refractivity contribution >= 4 is 28.7 Å². The normalized spacial score (nSPS) is 16.3. The molecule has 124 valence electrons. The van der Waals surface area contributed by atoms with Gasteiger partial charge in [0, 0.05) is 6.54 Å². The summed E-state index contributed by atoms with van der Waals surface area (Å²) in [6.45, 7) is 6.24. The average molecular weight is 340 g/mol. The van der Waals surface area contributed by atoms with Gasteiger partial charge in [-0.2, -0.15) is 5.26 Å². The quantitative estimate of drug-likeness (QED) is 0.621. The van der Waals surface area contributed by atoms with E-state index in [-0.39, 0.29) is 17.6 Å². The fourth-order valence-electron chi connectivity index (χ4n) is 2.81. The number of amides is 1. The number of allylic oxidation sites excluding steroid dienone is 1. The number of carbonyl (C=O) groups excluding carboxylic acids is 1. The number of aromatic nitrogens is 2. The third-order valence-corrected chi connectivity index (χ3v) is 5.27. The molecule has 1 aromatic heterocycles. The first kappa shape index (κ1) is 16.6. The van der Waals surface area contributed by atoms with Gasteiger partial charge in [0.05, 0.1) is 22.9 Å². The summed E-state index contributed by atoms with van der Waals surface area (Å²) in [5, 5.41) is 13.0. The highest BCUT2D eigenvalue weighted by atomic mass is 32.2. The maximum absolute atomic E-state index is 12.3. The number of nitriles is 1. The van der Waals surface area contributed by atoms with Crippen LogP contribution >= 0.6 is 11.8 Å². The van der Waals surface area contributed by atoms with Gasteiger partial charge in [0.2, 0.25) is 5.91 Å². The Morgan fingerprint density at radius 3 is 3.00 bits per heavy atom. The largest absolute Gasteiger partial charge is 0.337 e. The molecule has 0 aliphatic heterocycles. The van der Waals surface area contributed by atoms with Crippen molar-refractivity contribution in [1.82, 2.24) is 14.9 Å². The number of nitrogens with one attached hydrogen (secondary N) is 1. The van der Waals surface area contributed by atoms with E-state index in [1.165, 1.54) is 11.8 Å².